The first kappa shape index (κ1) is 104. The van der Waals surface area contributed by atoms with Crippen molar-refractivity contribution in [2.24, 2.45) is 11.8 Å². The van der Waals surface area contributed by atoms with E-state index < -0.39 is 97.5 Å². The predicted octanol–water partition coefficient (Wildman–Crippen LogP) is 26.6. The average molecular weight is 1550 g/mol. The van der Waals surface area contributed by atoms with E-state index in [1.165, 1.54) is 283 Å². The van der Waals surface area contributed by atoms with Crippen LogP contribution < -0.4 is 0 Å². The summed E-state index contributed by atoms with van der Waals surface area (Å²) >= 11 is 0. The van der Waals surface area contributed by atoms with Gasteiger partial charge < -0.3 is 33.8 Å². The Bertz CT molecular complexity index is 2030. The molecule has 0 saturated heterocycles. The smallest absolute Gasteiger partial charge is 0.462 e. The van der Waals surface area contributed by atoms with Crippen molar-refractivity contribution in [2.75, 3.05) is 39.6 Å². The minimum atomic E-state index is -4.97. The van der Waals surface area contributed by atoms with Crippen LogP contribution in [0.5, 0.6) is 0 Å². The summed E-state index contributed by atoms with van der Waals surface area (Å²) in [6.07, 6.45) is 70.8. The van der Waals surface area contributed by atoms with Crippen LogP contribution in [-0.4, -0.2) is 96.7 Å². The van der Waals surface area contributed by atoms with Crippen molar-refractivity contribution < 1.29 is 80.2 Å². The van der Waals surface area contributed by atoms with Crippen LogP contribution in [0.15, 0.2) is 0 Å². The molecule has 5 atom stereocenters. The summed E-state index contributed by atoms with van der Waals surface area (Å²) in [7, 11) is -9.93. The molecule has 0 aromatic heterocycles. The highest BCUT2D eigenvalue weighted by molar-refractivity contribution is 7.47. The summed E-state index contributed by atoms with van der Waals surface area (Å²) < 4.78 is 68.9. The van der Waals surface area contributed by atoms with Crippen LogP contribution in [0.1, 0.15) is 465 Å². The highest BCUT2D eigenvalue weighted by Crippen LogP contribution is 2.45. The van der Waals surface area contributed by atoms with Crippen molar-refractivity contribution in [3.05, 3.63) is 0 Å². The Kier molecular flexibility index (Phi) is 76.9. The summed E-state index contributed by atoms with van der Waals surface area (Å²) in [5.74, 6) is -0.535. The second-order valence-corrected chi connectivity index (χ2v) is 35.1. The van der Waals surface area contributed by atoms with Crippen LogP contribution in [0.4, 0.5) is 0 Å². The van der Waals surface area contributed by atoms with Crippen molar-refractivity contribution in [1.29, 1.82) is 0 Å². The average Bonchev–Trinajstić information content (AvgIpc) is 0.901. The van der Waals surface area contributed by atoms with Gasteiger partial charge in [0.2, 0.25) is 0 Å². The molecule has 0 spiro atoms. The van der Waals surface area contributed by atoms with Crippen molar-refractivity contribution in [2.45, 2.75) is 484 Å². The van der Waals surface area contributed by atoms with Gasteiger partial charge in [-0.15, -0.1) is 0 Å². The molecule has 0 aromatic rings. The van der Waals surface area contributed by atoms with Crippen molar-refractivity contribution in [3.8, 4) is 0 Å². The number of rotatable bonds is 86. The normalized spacial score (nSPS) is 13.8. The molecule has 0 radical (unpaired) electrons. The summed E-state index contributed by atoms with van der Waals surface area (Å²) in [5, 5.41) is 10.7. The van der Waals surface area contributed by atoms with Crippen LogP contribution in [0.2, 0.25) is 0 Å². The molecule has 630 valence electrons. The zero-order valence-corrected chi connectivity index (χ0v) is 71.5. The molecule has 106 heavy (non-hydrogen) atoms. The highest BCUT2D eigenvalue weighted by Gasteiger charge is 2.30. The molecular formula is C87H170O17P2. The molecule has 0 heterocycles. The number of unbranched alkanes of at least 4 members (excludes halogenated alkanes) is 56. The lowest BCUT2D eigenvalue weighted by Gasteiger charge is -2.21. The molecule has 0 rings (SSSR count). The maximum Gasteiger partial charge on any atom is 0.472 e. The molecule has 3 N–H and O–H groups in total. The number of esters is 4. The zero-order chi connectivity index (χ0) is 77.8. The van der Waals surface area contributed by atoms with Gasteiger partial charge in [0.15, 0.2) is 12.2 Å². The van der Waals surface area contributed by atoms with Gasteiger partial charge in [0.25, 0.3) is 0 Å². The largest absolute Gasteiger partial charge is 0.472 e. The van der Waals surface area contributed by atoms with E-state index in [-0.39, 0.29) is 25.7 Å². The van der Waals surface area contributed by atoms with Crippen LogP contribution in [-0.2, 0) is 65.4 Å². The number of ether oxygens (including phenoxy) is 4. The molecule has 17 nitrogen and oxygen atoms in total. The van der Waals surface area contributed by atoms with Crippen LogP contribution >= 0.6 is 15.6 Å². The van der Waals surface area contributed by atoms with E-state index >= 15 is 0 Å². The van der Waals surface area contributed by atoms with Crippen molar-refractivity contribution in [1.82, 2.24) is 0 Å². The standard InChI is InChI=1S/C87H170O17P2/c1-7-9-11-13-15-17-19-21-23-24-28-32-35-39-45-51-57-63-69-84(89)97-75-82(103-87(92)72-66-60-54-47-41-37-33-29-26-25-27-31-34-38-43-49-55-61-67-79(3)4)77-101-105(93,94)99-73-81(88)74-100-106(95,96)102-78-83(76-98-85(90)70-64-58-52-48-42-44-50-56-62-68-80(5)6)104-86(91)71-65-59-53-46-40-36-30-22-20-18-16-14-12-10-8-2/h79-83,88H,7-78H2,1-6H3,(H,93,94)(H,95,96)/t81-,82-,83-/m1/s1. The quantitative estimate of drug-likeness (QED) is 0.0222. The minimum Gasteiger partial charge on any atom is -0.462 e. The van der Waals surface area contributed by atoms with E-state index in [0.717, 1.165) is 102 Å². The maximum atomic E-state index is 13.2. The van der Waals surface area contributed by atoms with Crippen molar-refractivity contribution >= 4 is 39.5 Å². The predicted molar refractivity (Wildman–Crippen MR) is 437 cm³/mol. The number of aliphatic hydroxyl groups is 1. The first-order valence-electron chi connectivity index (χ1n) is 45.0. The zero-order valence-electron chi connectivity index (χ0n) is 69.7. The Balaban J connectivity index is 5.25. The van der Waals surface area contributed by atoms with Gasteiger partial charge in [-0.1, -0.05) is 414 Å². The topological polar surface area (TPSA) is 237 Å². The number of hydrogen-bond acceptors (Lipinski definition) is 15. The Hall–Kier alpha value is -1.94. The molecule has 0 aliphatic heterocycles. The Labute approximate surface area is 651 Å². The Morgan fingerprint density at radius 2 is 0.434 bits per heavy atom. The Morgan fingerprint density at radius 1 is 0.255 bits per heavy atom. The first-order valence-corrected chi connectivity index (χ1v) is 48.0. The molecule has 0 bridgehead atoms. The van der Waals surface area contributed by atoms with Gasteiger partial charge in [-0.3, -0.25) is 37.3 Å². The minimum absolute atomic E-state index is 0.108. The lowest BCUT2D eigenvalue weighted by molar-refractivity contribution is -0.161. The van der Waals surface area contributed by atoms with Gasteiger partial charge in [0.1, 0.15) is 19.3 Å². The molecule has 0 fully saturated rings. The first-order chi connectivity index (χ1) is 51.4. The third-order valence-corrected chi connectivity index (χ3v) is 22.4. The van der Waals surface area contributed by atoms with E-state index in [2.05, 4.69) is 41.5 Å². The van der Waals surface area contributed by atoms with Gasteiger partial charge in [0, 0.05) is 25.7 Å². The summed E-state index contributed by atoms with van der Waals surface area (Å²) in [6.45, 7) is 9.70. The monoisotopic (exact) mass is 1550 g/mol. The van der Waals surface area contributed by atoms with Gasteiger partial charge in [-0.05, 0) is 37.5 Å². The molecule has 0 aliphatic rings. The fourth-order valence-electron chi connectivity index (χ4n) is 13.6. The van der Waals surface area contributed by atoms with Gasteiger partial charge in [-0.25, -0.2) is 9.13 Å². The number of aliphatic hydroxyl groups excluding tert-OH is 1. The van der Waals surface area contributed by atoms with Gasteiger partial charge >= 0.3 is 39.5 Å². The second kappa shape index (κ2) is 78.3. The molecular weight excluding hydrogens is 1380 g/mol. The highest BCUT2D eigenvalue weighted by atomic mass is 31.2. The van der Waals surface area contributed by atoms with Crippen LogP contribution in [0.3, 0.4) is 0 Å². The number of carbonyl (C=O) groups excluding carboxylic acids is 4. The van der Waals surface area contributed by atoms with E-state index in [4.69, 9.17) is 37.0 Å². The number of carbonyl (C=O) groups is 4. The number of phosphoric ester groups is 2. The van der Waals surface area contributed by atoms with E-state index in [9.17, 15) is 43.2 Å². The third kappa shape index (κ3) is 80.1. The van der Waals surface area contributed by atoms with Crippen molar-refractivity contribution in [3.63, 3.8) is 0 Å². The molecule has 0 aliphatic carbocycles. The summed E-state index contributed by atoms with van der Waals surface area (Å²) in [6, 6.07) is 0. The van der Waals surface area contributed by atoms with E-state index in [1.54, 1.807) is 0 Å². The molecule has 0 aromatic carbocycles. The lowest BCUT2D eigenvalue weighted by Crippen LogP contribution is -2.30. The Morgan fingerprint density at radius 3 is 0.642 bits per heavy atom. The van der Waals surface area contributed by atoms with Crippen LogP contribution in [0, 0.1) is 11.8 Å². The maximum absolute atomic E-state index is 13.2. The van der Waals surface area contributed by atoms with Gasteiger partial charge in [-0.2, -0.15) is 0 Å². The molecule has 2 unspecified atom stereocenters. The fourth-order valence-corrected chi connectivity index (χ4v) is 15.2. The summed E-state index contributed by atoms with van der Waals surface area (Å²) in [4.78, 5) is 73.3. The number of hydrogen-bond donors (Lipinski definition) is 3. The van der Waals surface area contributed by atoms with E-state index in [1.807, 2.05) is 0 Å². The number of phosphoric acid groups is 2. The lowest BCUT2D eigenvalue weighted by atomic mass is 10.0. The fraction of sp³-hybridized carbons (Fsp3) is 0.954. The molecule has 19 heteroatoms. The summed E-state index contributed by atoms with van der Waals surface area (Å²) in [5.41, 5.74) is 0. The SMILES string of the molecule is CCCCCCCCCCCCCCCCCCCCC(=O)OC[C@H](COP(=O)(O)OC[C@@H](O)COP(=O)(O)OC[C@@H](COC(=O)CCCCCCCCCCCC(C)C)OC(=O)CCCCCCCCCCCCCCCCC)OC(=O)CCCCCCCCCCCCCCCCCCCCC(C)C. The second-order valence-electron chi connectivity index (χ2n) is 32.2. The van der Waals surface area contributed by atoms with E-state index in [0.29, 0.717) is 25.7 Å². The van der Waals surface area contributed by atoms with Crippen LogP contribution in [0.25, 0.3) is 0 Å². The third-order valence-electron chi connectivity index (χ3n) is 20.5. The molecule has 0 amide bonds. The van der Waals surface area contributed by atoms with Gasteiger partial charge in [0.05, 0.1) is 26.4 Å². The molecule has 0 saturated carbocycles.